The molecule has 0 spiro atoms. The van der Waals surface area contributed by atoms with Gasteiger partial charge in [-0.25, -0.2) is 0 Å². The number of methoxy groups -OCH3 is 2. The van der Waals surface area contributed by atoms with Gasteiger partial charge in [0.2, 0.25) is 5.91 Å². The van der Waals surface area contributed by atoms with Crippen LogP contribution in [-0.2, 0) is 4.79 Å². The summed E-state index contributed by atoms with van der Waals surface area (Å²) in [6, 6.07) is 5.95. The number of benzene rings is 1. The molecule has 1 aliphatic rings. The van der Waals surface area contributed by atoms with Crippen molar-refractivity contribution in [1.82, 2.24) is 19.5 Å². The number of rotatable bonds is 5. The van der Waals surface area contributed by atoms with Gasteiger partial charge < -0.3 is 14.4 Å². The van der Waals surface area contributed by atoms with Gasteiger partial charge in [-0.2, -0.15) is 0 Å². The molecule has 2 aromatic heterocycles. The summed E-state index contributed by atoms with van der Waals surface area (Å²) in [5.41, 5.74) is 2.72. The Morgan fingerprint density at radius 3 is 2.52 bits per heavy atom. The van der Waals surface area contributed by atoms with Gasteiger partial charge in [0.15, 0.2) is 22.3 Å². The van der Waals surface area contributed by atoms with Crippen molar-refractivity contribution in [2.75, 3.05) is 33.1 Å². The first kappa shape index (κ1) is 19.8. The number of aryl methyl sites for hydroxylation is 1. The number of amides is 1. The smallest absolute Gasteiger partial charge is 0.233 e. The van der Waals surface area contributed by atoms with Crippen molar-refractivity contribution in [3.05, 3.63) is 23.8 Å². The van der Waals surface area contributed by atoms with Gasteiger partial charge in [-0.3, -0.25) is 9.20 Å². The SMILES string of the molecule is COc1cc2cc(C)c3nnc(SCC(=O)N4CCC(C)CC4)n3c2cc1OC. The molecule has 1 saturated heterocycles. The molecule has 4 rings (SSSR count). The second kappa shape index (κ2) is 8.10. The van der Waals surface area contributed by atoms with Gasteiger partial charge in [-0.05, 0) is 43.4 Å². The van der Waals surface area contributed by atoms with Gasteiger partial charge >= 0.3 is 0 Å². The molecule has 154 valence electrons. The van der Waals surface area contributed by atoms with E-state index < -0.39 is 0 Å². The normalized spacial score (nSPS) is 15.2. The predicted molar refractivity (Wildman–Crippen MR) is 114 cm³/mol. The average Bonchev–Trinajstić information content (AvgIpc) is 3.16. The summed E-state index contributed by atoms with van der Waals surface area (Å²) >= 11 is 1.43. The molecule has 0 unspecified atom stereocenters. The second-order valence-corrected chi connectivity index (χ2v) is 8.53. The molecule has 1 amide bonds. The van der Waals surface area contributed by atoms with E-state index in [0.717, 1.165) is 48.0 Å². The van der Waals surface area contributed by atoms with E-state index in [0.29, 0.717) is 28.3 Å². The molecule has 0 radical (unpaired) electrons. The van der Waals surface area contributed by atoms with E-state index >= 15 is 0 Å². The highest BCUT2D eigenvalue weighted by Gasteiger charge is 2.22. The van der Waals surface area contributed by atoms with Crippen LogP contribution in [0.2, 0.25) is 0 Å². The maximum atomic E-state index is 12.7. The number of aromatic nitrogens is 3. The molecule has 0 aliphatic carbocycles. The van der Waals surface area contributed by atoms with Crippen molar-refractivity contribution in [2.45, 2.75) is 31.8 Å². The third-order valence-electron chi connectivity index (χ3n) is 5.59. The van der Waals surface area contributed by atoms with Gasteiger partial charge in [0.25, 0.3) is 0 Å². The van der Waals surface area contributed by atoms with Gasteiger partial charge in [-0.15, -0.1) is 10.2 Å². The zero-order valence-electron chi connectivity index (χ0n) is 17.3. The molecular weight excluding hydrogens is 388 g/mol. The van der Waals surface area contributed by atoms with Crippen LogP contribution in [0.1, 0.15) is 25.3 Å². The molecular formula is C21H26N4O3S. The first-order valence-electron chi connectivity index (χ1n) is 9.83. The van der Waals surface area contributed by atoms with E-state index in [1.807, 2.05) is 28.4 Å². The standard InChI is InChI=1S/C21H26N4O3S/c1-13-5-7-24(8-6-13)19(26)12-29-21-23-22-20-14(2)9-15-10-17(27-3)18(28-4)11-16(15)25(20)21/h9-11,13H,5-8,12H2,1-4H3. The van der Waals surface area contributed by atoms with Crippen LogP contribution in [-0.4, -0.2) is 58.5 Å². The van der Waals surface area contributed by atoms with Crippen molar-refractivity contribution in [3.8, 4) is 11.5 Å². The summed E-state index contributed by atoms with van der Waals surface area (Å²) in [4.78, 5) is 14.6. The maximum absolute atomic E-state index is 12.7. The highest BCUT2D eigenvalue weighted by atomic mass is 32.2. The van der Waals surface area contributed by atoms with Crippen LogP contribution in [0, 0.1) is 12.8 Å². The van der Waals surface area contributed by atoms with E-state index in [4.69, 9.17) is 9.47 Å². The Morgan fingerprint density at radius 1 is 1.14 bits per heavy atom. The highest BCUT2D eigenvalue weighted by molar-refractivity contribution is 7.99. The number of nitrogens with zero attached hydrogens (tertiary/aromatic N) is 4. The number of piperidine rings is 1. The van der Waals surface area contributed by atoms with Crippen LogP contribution >= 0.6 is 11.8 Å². The Kier molecular flexibility index (Phi) is 5.54. The number of thioether (sulfide) groups is 1. The monoisotopic (exact) mass is 414 g/mol. The molecule has 7 nitrogen and oxygen atoms in total. The third kappa shape index (κ3) is 3.73. The minimum absolute atomic E-state index is 0.162. The Bertz CT molecular complexity index is 1060. The fourth-order valence-corrected chi connectivity index (χ4v) is 4.65. The molecule has 0 N–H and O–H groups in total. The van der Waals surface area contributed by atoms with E-state index in [9.17, 15) is 4.79 Å². The Morgan fingerprint density at radius 2 is 1.83 bits per heavy atom. The quantitative estimate of drug-likeness (QED) is 0.595. The van der Waals surface area contributed by atoms with Crippen LogP contribution in [0.4, 0.5) is 0 Å². The summed E-state index contributed by atoms with van der Waals surface area (Å²) in [5, 5.41) is 10.4. The van der Waals surface area contributed by atoms with Gasteiger partial charge in [0.1, 0.15) is 0 Å². The molecule has 0 atom stereocenters. The van der Waals surface area contributed by atoms with E-state index in [-0.39, 0.29) is 5.91 Å². The second-order valence-electron chi connectivity index (χ2n) is 7.59. The lowest BCUT2D eigenvalue weighted by molar-refractivity contribution is -0.129. The van der Waals surface area contributed by atoms with E-state index in [1.165, 1.54) is 11.8 Å². The van der Waals surface area contributed by atoms with Crippen LogP contribution in [0.5, 0.6) is 11.5 Å². The Labute approximate surface area is 174 Å². The molecule has 29 heavy (non-hydrogen) atoms. The summed E-state index contributed by atoms with van der Waals surface area (Å²) in [6.45, 7) is 5.95. The molecule has 0 saturated carbocycles. The Hall–Kier alpha value is -2.48. The maximum Gasteiger partial charge on any atom is 0.233 e. The fourth-order valence-electron chi connectivity index (χ4n) is 3.80. The summed E-state index contributed by atoms with van der Waals surface area (Å²) < 4.78 is 12.9. The van der Waals surface area contributed by atoms with Crippen molar-refractivity contribution in [1.29, 1.82) is 0 Å². The number of fused-ring (bicyclic) bond motifs is 3. The van der Waals surface area contributed by atoms with Crippen LogP contribution < -0.4 is 9.47 Å². The minimum atomic E-state index is 0.162. The zero-order chi connectivity index (χ0) is 20.5. The highest BCUT2D eigenvalue weighted by Crippen LogP contribution is 2.34. The van der Waals surface area contributed by atoms with Crippen molar-refractivity contribution >= 4 is 34.2 Å². The fraction of sp³-hybridized carbons (Fsp3) is 0.476. The summed E-state index contributed by atoms with van der Waals surface area (Å²) in [7, 11) is 3.25. The number of carbonyl (C=O) groups is 1. The number of ether oxygens (including phenoxy) is 2. The van der Waals surface area contributed by atoms with Crippen LogP contribution in [0.25, 0.3) is 16.6 Å². The lowest BCUT2D eigenvalue weighted by atomic mass is 9.99. The first-order chi connectivity index (χ1) is 14.0. The van der Waals surface area contributed by atoms with Gasteiger partial charge in [-0.1, -0.05) is 18.7 Å². The van der Waals surface area contributed by atoms with Crippen molar-refractivity contribution in [2.24, 2.45) is 5.92 Å². The number of hydrogen-bond donors (Lipinski definition) is 0. The first-order valence-corrected chi connectivity index (χ1v) is 10.8. The molecule has 8 heteroatoms. The van der Waals surface area contributed by atoms with Gasteiger partial charge in [0, 0.05) is 24.5 Å². The van der Waals surface area contributed by atoms with E-state index in [2.05, 4.69) is 23.2 Å². The number of carbonyl (C=O) groups excluding carboxylic acids is 1. The predicted octanol–water partition coefficient (Wildman–Crippen LogP) is 3.56. The largest absolute Gasteiger partial charge is 0.493 e. The van der Waals surface area contributed by atoms with E-state index in [1.54, 1.807) is 14.2 Å². The van der Waals surface area contributed by atoms with Gasteiger partial charge in [0.05, 0.1) is 25.5 Å². The molecule has 3 aromatic rings. The molecule has 1 aliphatic heterocycles. The number of pyridine rings is 1. The Balaban J connectivity index is 1.67. The van der Waals surface area contributed by atoms with Crippen molar-refractivity contribution in [3.63, 3.8) is 0 Å². The lowest BCUT2D eigenvalue weighted by Gasteiger charge is -2.30. The molecule has 1 fully saturated rings. The minimum Gasteiger partial charge on any atom is -0.493 e. The number of likely N-dealkylation sites (tertiary alicyclic amines) is 1. The topological polar surface area (TPSA) is 69.0 Å². The summed E-state index contributed by atoms with van der Waals surface area (Å²) in [6.07, 6.45) is 2.16. The van der Waals surface area contributed by atoms with Crippen LogP contribution in [0.3, 0.4) is 0 Å². The van der Waals surface area contributed by atoms with Crippen LogP contribution in [0.15, 0.2) is 23.4 Å². The molecule has 3 heterocycles. The zero-order valence-corrected chi connectivity index (χ0v) is 18.1. The van der Waals surface area contributed by atoms with Crippen molar-refractivity contribution < 1.29 is 14.3 Å². The molecule has 1 aromatic carbocycles. The lowest BCUT2D eigenvalue weighted by Crippen LogP contribution is -2.38. The number of hydrogen-bond acceptors (Lipinski definition) is 6. The average molecular weight is 415 g/mol. The summed E-state index contributed by atoms with van der Waals surface area (Å²) in [5.74, 6) is 2.55. The third-order valence-corrected chi connectivity index (χ3v) is 6.51. The molecule has 0 bridgehead atoms.